The average molecular weight is 569 g/mol. The molecule has 41 heavy (non-hydrogen) atoms. The van der Waals surface area contributed by atoms with Crippen LogP contribution in [0, 0.1) is 0 Å². The molecular weight excluding hydrogens is 540 g/mol. The highest BCUT2D eigenvalue weighted by molar-refractivity contribution is 5.82. The lowest BCUT2D eigenvalue weighted by molar-refractivity contribution is -0.288. The maximum Gasteiger partial charge on any atom is 0.303 e. The molecule has 0 aliphatic carbocycles. The van der Waals surface area contributed by atoms with Crippen LogP contribution in [-0.2, 0) is 42.9 Å². The molecule has 1 aliphatic rings. The Kier molecular flexibility index (Phi) is 9.03. The second-order valence-electron chi connectivity index (χ2n) is 9.19. The Morgan fingerprint density at radius 3 is 2.05 bits per heavy atom. The third kappa shape index (κ3) is 7.09. The first-order chi connectivity index (χ1) is 19.5. The Morgan fingerprint density at radius 2 is 1.41 bits per heavy atom. The molecule has 0 radical (unpaired) electrons. The summed E-state index contributed by atoms with van der Waals surface area (Å²) >= 11 is 0. The SMILES string of the molecule is CC(=O)OC[C@@H]1O[C@H](Oc2ccc3c(=O)c(-c4ccccc4)coc3c2)[C@@H](OC(C)=O)[C@H](OC(C)=O)[C@H]1OC(C)=O. The average Bonchev–Trinajstić information content (AvgIpc) is 2.91. The van der Waals surface area contributed by atoms with Crippen LogP contribution in [0.25, 0.3) is 22.1 Å². The van der Waals surface area contributed by atoms with Gasteiger partial charge in [-0.25, -0.2) is 0 Å². The molecule has 1 aliphatic heterocycles. The zero-order chi connectivity index (χ0) is 29.7. The first-order valence-corrected chi connectivity index (χ1v) is 12.6. The Morgan fingerprint density at radius 1 is 0.780 bits per heavy atom. The van der Waals surface area contributed by atoms with Crippen LogP contribution in [-0.4, -0.2) is 61.2 Å². The first-order valence-electron chi connectivity index (χ1n) is 12.6. The minimum atomic E-state index is -1.43. The molecule has 2 aromatic carbocycles. The van der Waals surface area contributed by atoms with E-state index >= 15 is 0 Å². The van der Waals surface area contributed by atoms with Crippen molar-refractivity contribution in [3.05, 3.63) is 65.0 Å². The van der Waals surface area contributed by atoms with E-state index in [4.69, 9.17) is 32.8 Å². The van der Waals surface area contributed by atoms with Crippen LogP contribution in [0.15, 0.2) is 64.0 Å². The molecule has 1 saturated heterocycles. The van der Waals surface area contributed by atoms with E-state index in [1.54, 1.807) is 12.1 Å². The molecule has 3 aromatic rings. The van der Waals surface area contributed by atoms with Gasteiger partial charge in [-0.3, -0.25) is 24.0 Å². The molecular formula is C29H28O12. The van der Waals surface area contributed by atoms with Gasteiger partial charge in [0.1, 0.15) is 30.3 Å². The van der Waals surface area contributed by atoms with Crippen molar-refractivity contribution < 1.29 is 52.0 Å². The lowest BCUT2D eigenvalue weighted by atomic mass is 9.98. The summed E-state index contributed by atoms with van der Waals surface area (Å²) in [6.07, 6.45) is -5.35. The highest BCUT2D eigenvalue weighted by Gasteiger charge is 2.53. The second-order valence-corrected chi connectivity index (χ2v) is 9.19. The maximum atomic E-state index is 13.1. The zero-order valence-electron chi connectivity index (χ0n) is 22.7. The van der Waals surface area contributed by atoms with E-state index in [-0.39, 0.29) is 16.8 Å². The number of hydrogen-bond donors (Lipinski definition) is 0. The molecule has 2 heterocycles. The summed E-state index contributed by atoms with van der Waals surface area (Å²) in [6.45, 7) is 4.16. The third-order valence-corrected chi connectivity index (χ3v) is 6.03. The normalized spacial score (nSPS) is 21.9. The molecule has 5 atom stereocenters. The Bertz CT molecular complexity index is 1490. The fourth-order valence-electron chi connectivity index (χ4n) is 4.42. The van der Waals surface area contributed by atoms with Crippen LogP contribution in [0.1, 0.15) is 27.7 Å². The Balaban J connectivity index is 1.70. The predicted octanol–water partition coefficient (Wildman–Crippen LogP) is 2.92. The fourth-order valence-corrected chi connectivity index (χ4v) is 4.42. The number of carbonyl (C=O) groups is 4. The molecule has 1 aromatic heterocycles. The molecule has 1 fully saturated rings. The number of rotatable bonds is 8. The van der Waals surface area contributed by atoms with Crippen LogP contribution >= 0.6 is 0 Å². The van der Waals surface area contributed by atoms with Crippen molar-refractivity contribution in [3.63, 3.8) is 0 Å². The summed E-state index contributed by atoms with van der Waals surface area (Å²) in [5, 5.41) is 0.292. The van der Waals surface area contributed by atoms with Crippen molar-refractivity contribution in [2.45, 2.75) is 58.4 Å². The van der Waals surface area contributed by atoms with Crippen LogP contribution in [0.5, 0.6) is 5.75 Å². The van der Waals surface area contributed by atoms with Gasteiger partial charge in [-0.2, -0.15) is 0 Å². The molecule has 12 nitrogen and oxygen atoms in total. The van der Waals surface area contributed by atoms with Crippen molar-refractivity contribution in [1.29, 1.82) is 0 Å². The van der Waals surface area contributed by atoms with Gasteiger partial charge in [0.05, 0.1) is 10.9 Å². The molecule has 0 saturated carbocycles. The minimum absolute atomic E-state index is 0.147. The van der Waals surface area contributed by atoms with E-state index < -0.39 is 61.2 Å². The van der Waals surface area contributed by atoms with Gasteiger partial charge in [-0.15, -0.1) is 0 Å². The summed E-state index contributed by atoms with van der Waals surface area (Å²) < 4.78 is 38.9. The molecule has 0 amide bonds. The topological polar surface area (TPSA) is 154 Å². The molecule has 0 spiro atoms. The van der Waals surface area contributed by atoms with E-state index in [0.717, 1.165) is 20.8 Å². The Labute approximate surface area is 234 Å². The van der Waals surface area contributed by atoms with Crippen LogP contribution in [0.2, 0.25) is 0 Å². The molecule has 216 valence electrons. The van der Waals surface area contributed by atoms with Gasteiger partial charge in [-0.1, -0.05) is 30.3 Å². The number of ether oxygens (including phenoxy) is 6. The summed E-state index contributed by atoms with van der Waals surface area (Å²) in [5.74, 6) is -2.77. The van der Waals surface area contributed by atoms with Crippen molar-refractivity contribution in [2.75, 3.05) is 6.61 Å². The third-order valence-electron chi connectivity index (χ3n) is 6.03. The lowest BCUT2D eigenvalue weighted by Crippen LogP contribution is -2.63. The van der Waals surface area contributed by atoms with Crippen molar-refractivity contribution in [2.24, 2.45) is 0 Å². The second kappa shape index (κ2) is 12.6. The summed E-state index contributed by atoms with van der Waals surface area (Å²) in [6, 6.07) is 13.5. The van der Waals surface area contributed by atoms with Crippen LogP contribution < -0.4 is 10.2 Å². The van der Waals surface area contributed by atoms with E-state index in [0.29, 0.717) is 16.5 Å². The highest BCUT2D eigenvalue weighted by Crippen LogP contribution is 2.32. The first kappa shape index (κ1) is 29.3. The van der Waals surface area contributed by atoms with Crippen molar-refractivity contribution in [3.8, 4) is 16.9 Å². The van der Waals surface area contributed by atoms with Gasteiger partial charge < -0.3 is 32.8 Å². The van der Waals surface area contributed by atoms with Crippen LogP contribution in [0.4, 0.5) is 0 Å². The standard InChI is InChI=1S/C29H28O12/c1-15(30)35-14-24-26(37-16(2)31)27(38-17(3)32)28(39-18(4)33)29(41-24)40-20-10-11-21-23(12-20)36-13-22(25(21)34)19-8-6-5-7-9-19/h5-13,24,26-29H,14H2,1-4H3/t24-,26-,27+,28-,29-/m0/s1. The fraction of sp³-hybridized carbons (Fsp3) is 0.345. The number of fused-ring (bicyclic) bond motifs is 1. The molecule has 0 unspecified atom stereocenters. The number of esters is 4. The van der Waals surface area contributed by atoms with E-state index in [1.807, 2.05) is 18.2 Å². The van der Waals surface area contributed by atoms with Gasteiger partial charge in [0, 0.05) is 33.8 Å². The summed E-state index contributed by atoms with van der Waals surface area (Å²) in [7, 11) is 0. The monoisotopic (exact) mass is 568 g/mol. The van der Waals surface area contributed by atoms with E-state index in [9.17, 15) is 24.0 Å². The van der Waals surface area contributed by atoms with Gasteiger partial charge >= 0.3 is 23.9 Å². The van der Waals surface area contributed by atoms with Crippen molar-refractivity contribution >= 4 is 34.8 Å². The van der Waals surface area contributed by atoms with Crippen LogP contribution in [0.3, 0.4) is 0 Å². The predicted molar refractivity (Wildman–Crippen MR) is 141 cm³/mol. The number of benzene rings is 2. The lowest BCUT2D eigenvalue weighted by Gasteiger charge is -2.43. The molecule has 12 heteroatoms. The van der Waals surface area contributed by atoms with Gasteiger partial charge in [0.25, 0.3) is 0 Å². The smallest absolute Gasteiger partial charge is 0.303 e. The van der Waals surface area contributed by atoms with E-state index in [2.05, 4.69) is 0 Å². The molecule has 4 rings (SSSR count). The number of hydrogen-bond acceptors (Lipinski definition) is 12. The molecule has 0 N–H and O–H groups in total. The highest BCUT2D eigenvalue weighted by atomic mass is 16.7. The van der Waals surface area contributed by atoms with E-state index in [1.165, 1.54) is 31.4 Å². The number of carbonyl (C=O) groups excluding carboxylic acids is 4. The van der Waals surface area contributed by atoms with Gasteiger partial charge in [-0.05, 0) is 17.7 Å². The molecule has 0 bridgehead atoms. The largest absolute Gasteiger partial charge is 0.463 e. The van der Waals surface area contributed by atoms with Gasteiger partial charge in [0.15, 0.2) is 17.6 Å². The summed E-state index contributed by atoms with van der Waals surface area (Å²) in [5.41, 5.74) is 1.03. The Hall–Kier alpha value is -4.71. The van der Waals surface area contributed by atoms with Crippen molar-refractivity contribution in [1.82, 2.24) is 0 Å². The quantitative estimate of drug-likeness (QED) is 0.290. The van der Waals surface area contributed by atoms with Gasteiger partial charge in [0.2, 0.25) is 12.4 Å². The zero-order valence-corrected chi connectivity index (χ0v) is 22.7. The summed E-state index contributed by atoms with van der Waals surface area (Å²) in [4.78, 5) is 60.6. The minimum Gasteiger partial charge on any atom is -0.463 e. The maximum absolute atomic E-state index is 13.1.